The van der Waals surface area contributed by atoms with Crippen LogP contribution in [0.2, 0.25) is 0 Å². The van der Waals surface area contributed by atoms with Gasteiger partial charge in [0.15, 0.2) is 5.16 Å². The summed E-state index contributed by atoms with van der Waals surface area (Å²) >= 11 is 2.70. The largest absolute Gasteiger partial charge is 0.376 e. The summed E-state index contributed by atoms with van der Waals surface area (Å²) in [5, 5.41) is 4.47. The van der Waals surface area contributed by atoms with Crippen LogP contribution in [0.1, 0.15) is 44.9 Å². The number of carbonyl (C=O) groups excluding carboxylic acids is 1. The highest BCUT2D eigenvalue weighted by molar-refractivity contribution is 7.99. The SMILES string of the molecule is O=C(CSc1nc2c(sc3ncccc32)c(=O)n1C[C@H]1CCCO1)NCCC1=CCCCC1. The molecule has 0 spiro atoms. The Morgan fingerprint density at radius 1 is 1.33 bits per heavy atom. The van der Waals surface area contributed by atoms with Gasteiger partial charge in [-0.05, 0) is 57.1 Å². The van der Waals surface area contributed by atoms with Crippen LogP contribution >= 0.6 is 23.1 Å². The van der Waals surface area contributed by atoms with Gasteiger partial charge in [-0.2, -0.15) is 0 Å². The van der Waals surface area contributed by atoms with Gasteiger partial charge in [-0.25, -0.2) is 9.97 Å². The molecule has 3 aromatic rings. The second kappa shape index (κ2) is 10.4. The highest BCUT2D eigenvalue weighted by Gasteiger charge is 2.22. The van der Waals surface area contributed by atoms with Gasteiger partial charge in [0.25, 0.3) is 5.56 Å². The zero-order valence-corrected chi connectivity index (χ0v) is 20.2. The van der Waals surface area contributed by atoms with Crippen LogP contribution in [-0.2, 0) is 16.1 Å². The summed E-state index contributed by atoms with van der Waals surface area (Å²) in [4.78, 5) is 36.0. The number of hydrogen-bond acceptors (Lipinski definition) is 7. The molecule has 1 fully saturated rings. The molecule has 7 nitrogen and oxygen atoms in total. The fourth-order valence-electron chi connectivity index (χ4n) is 4.48. The van der Waals surface area contributed by atoms with E-state index >= 15 is 0 Å². The molecule has 3 aromatic heterocycles. The molecule has 5 rings (SSSR count). The van der Waals surface area contributed by atoms with Crippen molar-refractivity contribution in [2.75, 3.05) is 18.9 Å². The number of fused-ring (bicyclic) bond motifs is 3. The first-order valence-corrected chi connectivity index (χ1v) is 13.5. The summed E-state index contributed by atoms with van der Waals surface area (Å²) < 4.78 is 8.08. The molecule has 1 aliphatic carbocycles. The monoisotopic (exact) mass is 484 g/mol. The van der Waals surface area contributed by atoms with Gasteiger partial charge in [0.05, 0.1) is 23.9 Å². The third kappa shape index (κ3) is 5.15. The predicted molar refractivity (Wildman–Crippen MR) is 133 cm³/mol. The highest BCUT2D eigenvalue weighted by Crippen LogP contribution is 2.31. The summed E-state index contributed by atoms with van der Waals surface area (Å²) in [6, 6.07) is 3.80. The molecule has 1 aliphatic heterocycles. The van der Waals surface area contributed by atoms with Gasteiger partial charge in [-0.15, -0.1) is 11.3 Å². The molecule has 2 aliphatic rings. The van der Waals surface area contributed by atoms with Crippen molar-refractivity contribution in [2.24, 2.45) is 0 Å². The molecule has 33 heavy (non-hydrogen) atoms. The summed E-state index contributed by atoms with van der Waals surface area (Å²) in [5.74, 6) is 0.189. The van der Waals surface area contributed by atoms with Crippen LogP contribution < -0.4 is 10.9 Å². The highest BCUT2D eigenvalue weighted by atomic mass is 32.2. The van der Waals surface area contributed by atoms with E-state index in [1.54, 1.807) is 10.8 Å². The fourth-order valence-corrected chi connectivity index (χ4v) is 6.34. The minimum absolute atomic E-state index is 0.00592. The number of hydrogen-bond donors (Lipinski definition) is 1. The molecule has 174 valence electrons. The number of amides is 1. The minimum Gasteiger partial charge on any atom is -0.376 e. The zero-order valence-electron chi connectivity index (χ0n) is 18.5. The van der Waals surface area contributed by atoms with E-state index in [-0.39, 0.29) is 23.3 Å². The normalized spacial score (nSPS) is 18.7. The van der Waals surface area contributed by atoms with Crippen molar-refractivity contribution in [1.29, 1.82) is 0 Å². The quantitative estimate of drug-likeness (QED) is 0.292. The van der Waals surface area contributed by atoms with Gasteiger partial charge in [0.2, 0.25) is 5.91 Å². The lowest BCUT2D eigenvalue weighted by molar-refractivity contribution is -0.118. The Kier molecular flexibility index (Phi) is 7.08. The molecular weight excluding hydrogens is 456 g/mol. The summed E-state index contributed by atoms with van der Waals surface area (Å²) in [7, 11) is 0. The fraction of sp³-hybridized carbons (Fsp3) is 0.500. The van der Waals surface area contributed by atoms with E-state index in [0.717, 1.165) is 48.9 Å². The van der Waals surface area contributed by atoms with Gasteiger partial charge in [0, 0.05) is 24.7 Å². The maximum absolute atomic E-state index is 13.4. The van der Waals surface area contributed by atoms with E-state index in [1.165, 1.54) is 41.5 Å². The number of allylic oxidation sites excluding steroid dienone is 1. The first-order valence-electron chi connectivity index (χ1n) is 11.7. The number of pyridine rings is 1. The molecule has 0 saturated carbocycles. The van der Waals surface area contributed by atoms with Crippen molar-refractivity contribution >= 4 is 49.4 Å². The predicted octanol–water partition coefficient (Wildman–Crippen LogP) is 4.28. The van der Waals surface area contributed by atoms with Crippen molar-refractivity contribution in [3.63, 3.8) is 0 Å². The standard InChI is InChI=1S/C24H28N4O3S2/c29-19(25-12-10-16-6-2-1-3-7-16)15-32-24-27-20-18-9-4-11-26-22(18)33-21(20)23(30)28(24)14-17-8-5-13-31-17/h4,6,9,11,17H,1-3,5,7-8,10,12-15H2,(H,25,29)/t17-/m1/s1. The Labute approximate surface area is 200 Å². The molecule has 0 aromatic carbocycles. The van der Waals surface area contributed by atoms with E-state index in [9.17, 15) is 9.59 Å². The van der Waals surface area contributed by atoms with Crippen molar-refractivity contribution in [3.05, 3.63) is 40.3 Å². The lowest BCUT2D eigenvalue weighted by atomic mass is 9.97. The smallest absolute Gasteiger partial charge is 0.272 e. The first kappa shape index (κ1) is 22.6. The van der Waals surface area contributed by atoms with Crippen LogP contribution in [-0.4, -0.2) is 45.5 Å². The Bertz CT molecular complexity index is 1240. The Morgan fingerprint density at radius 3 is 3.09 bits per heavy atom. The van der Waals surface area contributed by atoms with Crippen LogP contribution in [0, 0.1) is 0 Å². The van der Waals surface area contributed by atoms with Crippen molar-refractivity contribution < 1.29 is 9.53 Å². The van der Waals surface area contributed by atoms with E-state index < -0.39 is 0 Å². The summed E-state index contributed by atoms with van der Waals surface area (Å²) in [5.41, 5.74) is 2.04. The second-order valence-electron chi connectivity index (χ2n) is 8.58. The van der Waals surface area contributed by atoms with Gasteiger partial charge in [0.1, 0.15) is 9.53 Å². The number of nitrogens with zero attached hydrogens (tertiary/aromatic N) is 3. The number of aromatic nitrogens is 3. The van der Waals surface area contributed by atoms with Crippen LogP contribution in [0.4, 0.5) is 0 Å². The molecule has 1 atom stereocenters. The second-order valence-corrected chi connectivity index (χ2v) is 10.5. The molecule has 0 bridgehead atoms. The Morgan fingerprint density at radius 2 is 2.27 bits per heavy atom. The molecule has 4 heterocycles. The molecule has 1 N–H and O–H groups in total. The number of thiophene rings is 1. The number of nitrogens with one attached hydrogen (secondary N) is 1. The van der Waals surface area contributed by atoms with Crippen LogP contribution in [0.5, 0.6) is 0 Å². The van der Waals surface area contributed by atoms with Crippen LogP contribution in [0.25, 0.3) is 20.4 Å². The van der Waals surface area contributed by atoms with Crippen molar-refractivity contribution in [1.82, 2.24) is 19.9 Å². The molecule has 0 unspecified atom stereocenters. The number of carbonyl (C=O) groups is 1. The van der Waals surface area contributed by atoms with Crippen molar-refractivity contribution in [3.8, 4) is 0 Å². The van der Waals surface area contributed by atoms with E-state index in [1.807, 2.05) is 12.1 Å². The average molecular weight is 485 g/mol. The summed E-state index contributed by atoms with van der Waals surface area (Å²) in [6.45, 7) is 1.84. The molecule has 1 saturated heterocycles. The number of ether oxygens (including phenoxy) is 1. The van der Waals surface area contributed by atoms with Crippen LogP contribution in [0.15, 0.2) is 39.9 Å². The summed E-state index contributed by atoms with van der Waals surface area (Å²) in [6.07, 6.45) is 11.7. The molecule has 9 heteroatoms. The third-order valence-corrected chi connectivity index (χ3v) is 8.28. The van der Waals surface area contributed by atoms with Crippen molar-refractivity contribution in [2.45, 2.75) is 62.8 Å². The van der Waals surface area contributed by atoms with Gasteiger partial charge < -0.3 is 10.1 Å². The third-order valence-electron chi connectivity index (χ3n) is 6.21. The van der Waals surface area contributed by atoms with E-state index in [4.69, 9.17) is 9.72 Å². The van der Waals surface area contributed by atoms with Gasteiger partial charge in [-0.1, -0.05) is 23.4 Å². The topological polar surface area (TPSA) is 86.1 Å². The lowest BCUT2D eigenvalue weighted by Gasteiger charge is -2.16. The molecular formula is C24H28N4O3S2. The maximum atomic E-state index is 13.4. The zero-order chi connectivity index (χ0) is 22.6. The average Bonchev–Trinajstić information content (AvgIpc) is 3.48. The van der Waals surface area contributed by atoms with E-state index in [2.05, 4.69) is 16.4 Å². The number of thioether (sulfide) groups is 1. The minimum atomic E-state index is -0.0781. The molecule has 1 amide bonds. The molecule has 0 radical (unpaired) electrons. The van der Waals surface area contributed by atoms with Gasteiger partial charge >= 0.3 is 0 Å². The Hall–Kier alpha value is -2.23. The Balaban J connectivity index is 1.34. The lowest BCUT2D eigenvalue weighted by Crippen LogP contribution is -2.30. The first-order chi connectivity index (χ1) is 16.2. The maximum Gasteiger partial charge on any atom is 0.272 e. The van der Waals surface area contributed by atoms with E-state index in [0.29, 0.717) is 28.5 Å². The van der Waals surface area contributed by atoms with Crippen LogP contribution in [0.3, 0.4) is 0 Å². The van der Waals surface area contributed by atoms with Gasteiger partial charge in [-0.3, -0.25) is 14.2 Å². The number of rotatable bonds is 8.